The van der Waals surface area contributed by atoms with Gasteiger partial charge in [0.15, 0.2) is 17.3 Å². The first-order valence-electron chi connectivity index (χ1n) is 6.54. The van der Waals surface area contributed by atoms with E-state index in [9.17, 15) is 0 Å². The first-order valence-corrected chi connectivity index (χ1v) is 6.54. The van der Waals surface area contributed by atoms with Gasteiger partial charge in [0.2, 0.25) is 5.75 Å². The molecule has 1 unspecified atom stereocenters. The zero-order valence-electron chi connectivity index (χ0n) is 12.5. The van der Waals surface area contributed by atoms with Crippen molar-refractivity contribution in [3.63, 3.8) is 0 Å². The summed E-state index contributed by atoms with van der Waals surface area (Å²) < 4.78 is 21.1. The predicted octanol–water partition coefficient (Wildman–Crippen LogP) is 2.17. The summed E-state index contributed by atoms with van der Waals surface area (Å²) in [7, 11) is 4.64. The molecule has 0 aliphatic rings. The van der Waals surface area contributed by atoms with Crippen molar-refractivity contribution >= 4 is 0 Å². The minimum absolute atomic E-state index is 0.246. The van der Waals surface area contributed by atoms with E-state index in [0.29, 0.717) is 34.5 Å². The van der Waals surface area contributed by atoms with Gasteiger partial charge in [0, 0.05) is 5.56 Å². The Morgan fingerprint density at radius 1 is 1.14 bits per heavy atom. The van der Waals surface area contributed by atoms with Crippen LogP contribution in [0, 0.1) is 0 Å². The van der Waals surface area contributed by atoms with Crippen molar-refractivity contribution in [3.8, 4) is 28.7 Å². The van der Waals surface area contributed by atoms with E-state index in [4.69, 9.17) is 24.5 Å². The Bertz CT molecular complexity index is 587. The largest absolute Gasteiger partial charge is 0.493 e. The van der Waals surface area contributed by atoms with Gasteiger partial charge in [-0.25, -0.2) is 0 Å². The van der Waals surface area contributed by atoms with Crippen molar-refractivity contribution < 1.29 is 18.7 Å². The highest BCUT2D eigenvalue weighted by Crippen LogP contribution is 2.40. The number of nitrogens with two attached hydrogens (primary N) is 1. The van der Waals surface area contributed by atoms with Crippen LogP contribution in [0.3, 0.4) is 0 Å². The molecule has 0 spiro atoms. The Labute approximate surface area is 123 Å². The lowest BCUT2D eigenvalue weighted by atomic mass is 10.1. The minimum atomic E-state index is -0.246. The van der Waals surface area contributed by atoms with Gasteiger partial charge in [-0.1, -0.05) is 12.1 Å². The number of benzene rings is 1. The molecular weight excluding hydrogens is 274 g/mol. The summed E-state index contributed by atoms with van der Waals surface area (Å²) in [6.45, 7) is 1.96. The van der Waals surface area contributed by atoms with Crippen LogP contribution in [-0.4, -0.2) is 31.5 Å². The van der Waals surface area contributed by atoms with Crippen LogP contribution in [0.4, 0.5) is 0 Å². The molecular formula is C14H19N3O4. The van der Waals surface area contributed by atoms with Crippen molar-refractivity contribution in [2.45, 2.75) is 19.4 Å². The molecule has 0 radical (unpaired) electrons. The SMILES string of the molecule is CCC(N)c1noc(-c2cc(OC)c(OC)c(OC)c2)n1. The zero-order chi connectivity index (χ0) is 15.4. The fraction of sp³-hybridized carbons (Fsp3) is 0.429. The van der Waals surface area contributed by atoms with Gasteiger partial charge in [-0.3, -0.25) is 0 Å². The summed E-state index contributed by atoms with van der Waals surface area (Å²) in [5.41, 5.74) is 6.56. The molecule has 1 aromatic heterocycles. The quantitative estimate of drug-likeness (QED) is 0.872. The third kappa shape index (κ3) is 2.92. The fourth-order valence-corrected chi connectivity index (χ4v) is 1.89. The number of rotatable bonds is 6. The number of hydrogen-bond acceptors (Lipinski definition) is 7. The lowest BCUT2D eigenvalue weighted by Crippen LogP contribution is -2.10. The maximum Gasteiger partial charge on any atom is 0.258 e. The highest BCUT2D eigenvalue weighted by molar-refractivity contribution is 5.65. The molecule has 0 aliphatic carbocycles. The van der Waals surface area contributed by atoms with Gasteiger partial charge in [-0.15, -0.1) is 0 Å². The minimum Gasteiger partial charge on any atom is -0.493 e. The molecule has 0 bridgehead atoms. The van der Waals surface area contributed by atoms with Crippen molar-refractivity contribution in [2.75, 3.05) is 21.3 Å². The van der Waals surface area contributed by atoms with Gasteiger partial charge in [-0.2, -0.15) is 4.98 Å². The highest BCUT2D eigenvalue weighted by atomic mass is 16.5. The van der Waals surface area contributed by atoms with E-state index < -0.39 is 0 Å². The predicted molar refractivity (Wildman–Crippen MR) is 76.6 cm³/mol. The van der Waals surface area contributed by atoms with E-state index in [2.05, 4.69) is 10.1 Å². The van der Waals surface area contributed by atoms with Crippen LogP contribution in [0.5, 0.6) is 17.2 Å². The lowest BCUT2D eigenvalue weighted by molar-refractivity contribution is 0.324. The number of nitrogens with zero attached hydrogens (tertiary/aromatic N) is 2. The van der Waals surface area contributed by atoms with Crippen molar-refractivity contribution in [1.82, 2.24) is 10.1 Å². The molecule has 0 aliphatic heterocycles. The number of hydrogen-bond donors (Lipinski definition) is 1. The maximum atomic E-state index is 5.89. The maximum absolute atomic E-state index is 5.89. The Balaban J connectivity index is 2.46. The normalized spacial score (nSPS) is 12.0. The third-order valence-corrected chi connectivity index (χ3v) is 3.12. The summed E-state index contributed by atoms with van der Waals surface area (Å²) in [5.74, 6) is 2.38. The van der Waals surface area contributed by atoms with Crippen LogP contribution in [0.2, 0.25) is 0 Å². The van der Waals surface area contributed by atoms with Gasteiger partial charge in [-0.05, 0) is 18.6 Å². The van der Waals surface area contributed by atoms with Crippen LogP contribution < -0.4 is 19.9 Å². The summed E-state index contributed by atoms with van der Waals surface area (Å²) in [4.78, 5) is 4.30. The van der Waals surface area contributed by atoms with Crippen LogP contribution in [-0.2, 0) is 0 Å². The highest BCUT2D eigenvalue weighted by Gasteiger charge is 2.19. The first kappa shape index (κ1) is 15.1. The number of methoxy groups -OCH3 is 3. The molecule has 7 heteroatoms. The third-order valence-electron chi connectivity index (χ3n) is 3.12. The van der Waals surface area contributed by atoms with Crippen molar-refractivity contribution in [3.05, 3.63) is 18.0 Å². The monoisotopic (exact) mass is 293 g/mol. The average Bonchev–Trinajstić information content (AvgIpc) is 3.02. The Kier molecular flexibility index (Phi) is 4.64. The van der Waals surface area contributed by atoms with Crippen LogP contribution >= 0.6 is 0 Å². The van der Waals surface area contributed by atoms with Crippen LogP contribution in [0.1, 0.15) is 25.2 Å². The molecule has 1 atom stereocenters. The van der Waals surface area contributed by atoms with Gasteiger partial charge in [0.05, 0.1) is 27.4 Å². The van der Waals surface area contributed by atoms with Gasteiger partial charge < -0.3 is 24.5 Å². The summed E-state index contributed by atoms with van der Waals surface area (Å²) in [5, 5.41) is 3.89. The molecule has 114 valence electrons. The molecule has 0 fully saturated rings. The summed E-state index contributed by atoms with van der Waals surface area (Å²) >= 11 is 0. The van der Waals surface area contributed by atoms with Crippen molar-refractivity contribution in [2.24, 2.45) is 5.73 Å². The Morgan fingerprint density at radius 2 is 1.76 bits per heavy atom. The topological polar surface area (TPSA) is 92.6 Å². The van der Waals surface area contributed by atoms with E-state index in [-0.39, 0.29) is 6.04 Å². The molecule has 1 heterocycles. The second kappa shape index (κ2) is 6.45. The number of ether oxygens (including phenoxy) is 3. The van der Waals surface area contributed by atoms with Gasteiger partial charge >= 0.3 is 0 Å². The summed E-state index contributed by atoms with van der Waals surface area (Å²) in [6.07, 6.45) is 0.730. The van der Waals surface area contributed by atoms with Gasteiger partial charge in [0.25, 0.3) is 5.89 Å². The van der Waals surface area contributed by atoms with Crippen LogP contribution in [0.15, 0.2) is 16.7 Å². The molecule has 2 aromatic rings. The van der Waals surface area contributed by atoms with E-state index in [0.717, 1.165) is 6.42 Å². The molecule has 0 saturated heterocycles. The molecule has 21 heavy (non-hydrogen) atoms. The second-order valence-electron chi connectivity index (χ2n) is 4.39. The molecule has 0 saturated carbocycles. The van der Waals surface area contributed by atoms with E-state index in [1.807, 2.05) is 6.92 Å². The molecule has 2 N–H and O–H groups in total. The zero-order valence-corrected chi connectivity index (χ0v) is 12.5. The summed E-state index contributed by atoms with van der Waals surface area (Å²) in [6, 6.07) is 3.25. The average molecular weight is 293 g/mol. The van der Waals surface area contributed by atoms with Crippen molar-refractivity contribution in [1.29, 1.82) is 0 Å². The second-order valence-corrected chi connectivity index (χ2v) is 4.39. The molecule has 2 rings (SSSR count). The lowest BCUT2D eigenvalue weighted by Gasteiger charge is -2.12. The Hall–Kier alpha value is -2.28. The van der Waals surface area contributed by atoms with E-state index >= 15 is 0 Å². The molecule has 7 nitrogen and oxygen atoms in total. The van der Waals surface area contributed by atoms with E-state index in [1.54, 1.807) is 33.5 Å². The van der Waals surface area contributed by atoms with Gasteiger partial charge in [0.1, 0.15) is 0 Å². The number of aromatic nitrogens is 2. The first-order chi connectivity index (χ1) is 10.1. The fourth-order valence-electron chi connectivity index (χ4n) is 1.89. The Morgan fingerprint density at radius 3 is 2.24 bits per heavy atom. The van der Waals surface area contributed by atoms with Crippen LogP contribution in [0.25, 0.3) is 11.5 Å². The molecule has 0 amide bonds. The standard InChI is InChI=1S/C14H19N3O4/c1-5-9(15)13-16-14(21-17-13)8-6-10(18-2)12(20-4)11(7-8)19-3/h6-7,9H,5,15H2,1-4H3. The smallest absolute Gasteiger partial charge is 0.258 e. The van der Waals surface area contributed by atoms with E-state index in [1.165, 1.54) is 0 Å². The molecule has 1 aromatic carbocycles.